The third kappa shape index (κ3) is 4.27. The van der Waals surface area contributed by atoms with E-state index in [1.807, 2.05) is 23.7 Å². The molecular weight excluding hydrogens is 446 g/mol. The molecule has 1 aromatic carbocycles. The van der Waals surface area contributed by atoms with E-state index in [-0.39, 0.29) is 17.7 Å². The number of thioether (sulfide) groups is 1. The van der Waals surface area contributed by atoms with Gasteiger partial charge >= 0.3 is 0 Å². The van der Waals surface area contributed by atoms with E-state index in [9.17, 15) is 4.79 Å². The van der Waals surface area contributed by atoms with Crippen molar-refractivity contribution in [3.8, 4) is 11.5 Å². The molecule has 2 aromatic rings. The number of aromatic nitrogens is 4. The van der Waals surface area contributed by atoms with Gasteiger partial charge in [0.25, 0.3) is 0 Å². The second-order valence-corrected chi connectivity index (χ2v) is 8.74. The molecule has 1 amide bonds. The number of tetrazole rings is 1. The Labute approximate surface area is 175 Å². The molecule has 0 spiro atoms. The lowest BCUT2D eigenvalue weighted by atomic mass is 10.1. The molecule has 1 unspecified atom stereocenters. The molecule has 1 N–H and O–H groups in total. The molecule has 4 rings (SSSR count). The minimum Gasteiger partial charge on any atom is -0.486 e. The maximum absolute atomic E-state index is 12.5. The maximum Gasteiger partial charge on any atom is 0.230 e. The zero-order valence-corrected chi connectivity index (χ0v) is 18.0. The number of carbonyl (C=O) groups is 1. The molecule has 0 bridgehead atoms. The summed E-state index contributed by atoms with van der Waals surface area (Å²) in [5.74, 6) is 1.62. The molecule has 1 aliphatic carbocycles. The summed E-state index contributed by atoms with van der Waals surface area (Å²) in [5.41, 5.74) is 0.943. The third-order valence-corrected chi connectivity index (χ3v) is 6.59. The summed E-state index contributed by atoms with van der Waals surface area (Å²) < 4.78 is 14.0. The zero-order chi connectivity index (χ0) is 19.5. The van der Waals surface area contributed by atoms with Crippen LogP contribution in [-0.2, 0) is 4.79 Å². The minimum atomic E-state index is -0.177. The molecule has 1 saturated carbocycles. The van der Waals surface area contributed by atoms with E-state index in [1.54, 1.807) is 0 Å². The number of hydrogen-bond donors (Lipinski definition) is 1. The molecule has 0 saturated heterocycles. The first-order chi connectivity index (χ1) is 13.6. The van der Waals surface area contributed by atoms with Gasteiger partial charge < -0.3 is 14.8 Å². The number of benzene rings is 1. The van der Waals surface area contributed by atoms with Crippen molar-refractivity contribution in [2.75, 3.05) is 19.0 Å². The summed E-state index contributed by atoms with van der Waals surface area (Å²) in [7, 11) is 0. The largest absolute Gasteiger partial charge is 0.486 e. The summed E-state index contributed by atoms with van der Waals surface area (Å²) in [6.07, 6.45) is 4.61. The Morgan fingerprint density at radius 2 is 2.04 bits per heavy atom. The van der Waals surface area contributed by atoms with E-state index in [2.05, 4.69) is 36.8 Å². The number of carbonyl (C=O) groups excluding carboxylic acids is 1. The van der Waals surface area contributed by atoms with Gasteiger partial charge in [0.1, 0.15) is 13.2 Å². The van der Waals surface area contributed by atoms with Gasteiger partial charge in [-0.2, -0.15) is 0 Å². The van der Waals surface area contributed by atoms with Gasteiger partial charge in [0.2, 0.25) is 11.1 Å². The first-order valence-corrected chi connectivity index (χ1v) is 11.2. The molecule has 1 atom stereocenters. The second-order valence-electron chi connectivity index (χ2n) is 6.94. The summed E-state index contributed by atoms with van der Waals surface area (Å²) in [6, 6.07) is 3.98. The fourth-order valence-electron chi connectivity index (χ4n) is 3.56. The topological polar surface area (TPSA) is 91.2 Å². The van der Waals surface area contributed by atoms with Crippen molar-refractivity contribution in [1.82, 2.24) is 25.5 Å². The number of nitrogens with one attached hydrogen (secondary N) is 1. The van der Waals surface area contributed by atoms with Crippen molar-refractivity contribution in [2.45, 2.75) is 49.8 Å². The first kappa shape index (κ1) is 19.5. The highest BCUT2D eigenvalue weighted by atomic mass is 79.9. The van der Waals surface area contributed by atoms with Crippen molar-refractivity contribution in [3.05, 3.63) is 22.2 Å². The molecule has 28 heavy (non-hydrogen) atoms. The highest BCUT2D eigenvalue weighted by Crippen LogP contribution is 2.38. The molecule has 1 aliphatic heterocycles. The summed E-state index contributed by atoms with van der Waals surface area (Å²) in [6.45, 7) is 3.02. The quantitative estimate of drug-likeness (QED) is 0.651. The highest BCUT2D eigenvalue weighted by molar-refractivity contribution is 9.10. The fourth-order valence-corrected chi connectivity index (χ4v) is 4.98. The van der Waals surface area contributed by atoms with Crippen molar-refractivity contribution < 1.29 is 14.3 Å². The van der Waals surface area contributed by atoms with Gasteiger partial charge in [0, 0.05) is 4.47 Å². The van der Waals surface area contributed by atoms with E-state index in [1.165, 1.54) is 24.6 Å². The van der Waals surface area contributed by atoms with Crippen LogP contribution < -0.4 is 14.8 Å². The van der Waals surface area contributed by atoms with Crippen LogP contribution in [0, 0.1) is 0 Å². The van der Waals surface area contributed by atoms with Crippen molar-refractivity contribution in [2.24, 2.45) is 0 Å². The molecule has 2 heterocycles. The lowest BCUT2D eigenvalue weighted by molar-refractivity contribution is -0.119. The van der Waals surface area contributed by atoms with Crippen LogP contribution in [0.25, 0.3) is 0 Å². The van der Waals surface area contributed by atoms with Crippen molar-refractivity contribution in [3.63, 3.8) is 0 Å². The Kier molecular flexibility index (Phi) is 6.05. The van der Waals surface area contributed by atoms with E-state index in [0.717, 1.165) is 28.6 Å². The lowest BCUT2D eigenvalue weighted by Gasteiger charge is -2.22. The molecule has 1 fully saturated rings. The molecule has 10 heteroatoms. The Morgan fingerprint density at radius 1 is 1.32 bits per heavy atom. The van der Waals surface area contributed by atoms with E-state index in [4.69, 9.17) is 9.47 Å². The third-order valence-electron chi connectivity index (χ3n) is 4.97. The second kappa shape index (κ2) is 8.69. The van der Waals surface area contributed by atoms with E-state index in [0.29, 0.717) is 30.2 Å². The van der Waals surface area contributed by atoms with Gasteiger partial charge in [-0.05, 0) is 47.9 Å². The molecule has 2 aliphatic rings. The molecule has 150 valence electrons. The van der Waals surface area contributed by atoms with Crippen LogP contribution in [0.5, 0.6) is 11.5 Å². The SMILES string of the molecule is CC(NC(=O)CSc1nnnn1C1CCCC1)c1cc2c(cc1Br)OCCO2. The average Bonchev–Trinajstić information content (AvgIpc) is 3.37. The number of hydrogen-bond acceptors (Lipinski definition) is 7. The number of rotatable bonds is 6. The van der Waals surface area contributed by atoms with Gasteiger partial charge in [-0.25, -0.2) is 4.68 Å². The number of fused-ring (bicyclic) bond motifs is 1. The Bertz CT molecular complexity index is 856. The van der Waals surface area contributed by atoms with Gasteiger partial charge in [0.15, 0.2) is 11.5 Å². The monoisotopic (exact) mass is 467 g/mol. The number of ether oxygens (including phenoxy) is 2. The maximum atomic E-state index is 12.5. The van der Waals surface area contributed by atoms with Crippen molar-refractivity contribution in [1.29, 1.82) is 0 Å². The average molecular weight is 468 g/mol. The van der Waals surface area contributed by atoms with Crippen LogP contribution in [0.2, 0.25) is 0 Å². The zero-order valence-electron chi connectivity index (χ0n) is 15.6. The van der Waals surface area contributed by atoms with E-state index < -0.39 is 0 Å². The van der Waals surface area contributed by atoms with Gasteiger partial charge in [-0.1, -0.05) is 40.5 Å². The van der Waals surface area contributed by atoms with Crippen LogP contribution in [0.4, 0.5) is 0 Å². The fraction of sp³-hybridized carbons (Fsp3) is 0.556. The molecule has 1 aromatic heterocycles. The van der Waals surface area contributed by atoms with Crippen LogP contribution in [0.15, 0.2) is 21.8 Å². The summed E-state index contributed by atoms with van der Waals surface area (Å²) in [4.78, 5) is 12.5. The van der Waals surface area contributed by atoms with Gasteiger partial charge in [0.05, 0.1) is 17.8 Å². The molecule has 8 nitrogen and oxygen atoms in total. The Hall–Kier alpha value is -1.81. The van der Waals surface area contributed by atoms with Crippen molar-refractivity contribution >= 4 is 33.6 Å². The lowest BCUT2D eigenvalue weighted by Crippen LogP contribution is -2.28. The highest BCUT2D eigenvalue weighted by Gasteiger charge is 2.23. The normalized spacial score (nSPS) is 17.5. The molecule has 0 radical (unpaired) electrons. The number of halogens is 1. The van der Waals surface area contributed by atoms with Gasteiger partial charge in [-0.15, -0.1) is 5.10 Å². The number of nitrogens with zero attached hydrogens (tertiary/aromatic N) is 4. The number of amides is 1. The smallest absolute Gasteiger partial charge is 0.230 e. The minimum absolute atomic E-state index is 0.0692. The predicted octanol–water partition coefficient (Wildman–Crippen LogP) is 3.29. The van der Waals surface area contributed by atoms with E-state index >= 15 is 0 Å². The Morgan fingerprint density at radius 3 is 2.79 bits per heavy atom. The van der Waals surface area contributed by atoms with Crippen LogP contribution in [0.3, 0.4) is 0 Å². The Balaban J connectivity index is 1.36. The van der Waals surface area contributed by atoms with Crippen LogP contribution in [-0.4, -0.2) is 45.1 Å². The first-order valence-electron chi connectivity index (χ1n) is 9.41. The van der Waals surface area contributed by atoms with Crippen LogP contribution in [0.1, 0.15) is 50.3 Å². The van der Waals surface area contributed by atoms with Gasteiger partial charge in [-0.3, -0.25) is 4.79 Å². The predicted molar refractivity (Wildman–Crippen MR) is 108 cm³/mol. The summed E-state index contributed by atoms with van der Waals surface area (Å²) in [5, 5.41) is 15.7. The van der Waals surface area contributed by atoms with Crippen LogP contribution >= 0.6 is 27.7 Å². The molecular formula is C18H22BrN5O3S. The summed E-state index contributed by atoms with van der Waals surface area (Å²) >= 11 is 4.93. The standard InChI is InChI=1S/C18H22BrN5O3S/c1-11(13-8-15-16(9-14(13)19)27-7-6-26-15)20-17(25)10-28-18-21-22-23-24(18)12-4-2-3-5-12/h8-9,11-12H,2-7,10H2,1H3,(H,20,25).